The molecule has 0 aliphatic carbocycles. The van der Waals surface area contributed by atoms with Crippen LogP contribution in [0.25, 0.3) is 0 Å². The number of carbonyl (C=O) groups excluding carboxylic acids is 2. The SMILES string of the molecule is O=C(Nc1ccc(C(=O)N2CCCC2)cc1)c1cc([N+](=O)[O-])ccc1N1CCOCC1. The molecule has 162 valence electrons. The fraction of sp³-hybridized carbons (Fsp3) is 0.364. The molecule has 4 rings (SSSR count). The number of anilines is 2. The molecule has 31 heavy (non-hydrogen) atoms. The highest BCUT2D eigenvalue weighted by atomic mass is 16.6. The molecule has 0 unspecified atom stereocenters. The Hall–Kier alpha value is -3.46. The Morgan fingerprint density at radius 1 is 0.968 bits per heavy atom. The van der Waals surface area contributed by atoms with E-state index < -0.39 is 10.8 Å². The molecule has 2 heterocycles. The molecule has 2 aromatic carbocycles. The molecule has 0 aromatic heterocycles. The molecule has 2 aliphatic rings. The number of likely N-dealkylation sites (tertiary alicyclic amines) is 1. The summed E-state index contributed by atoms with van der Waals surface area (Å²) in [5, 5.41) is 14.0. The number of rotatable bonds is 5. The Balaban J connectivity index is 1.53. The van der Waals surface area contributed by atoms with Crippen molar-refractivity contribution >= 4 is 28.9 Å². The zero-order chi connectivity index (χ0) is 21.8. The molecule has 0 saturated carbocycles. The summed E-state index contributed by atoms with van der Waals surface area (Å²) in [6.45, 7) is 3.81. The molecular weight excluding hydrogens is 400 g/mol. The first-order valence-corrected chi connectivity index (χ1v) is 10.3. The number of nitro benzene ring substituents is 1. The van der Waals surface area contributed by atoms with E-state index in [1.54, 1.807) is 30.3 Å². The van der Waals surface area contributed by atoms with Crippen molar-refractivity contribution in [2.24, 2.45) is 0 Å². The van der Waals surface area contributed by atoms with Gasteiger partial charge in [-0.1, -0.05) is 0 Å². The van der Waals surface area contributed by atoms with Crippen LogP contribution in [0.4, 0.5) is 17.1 Å². The van der Waals surface area contributed by atoms with Gasteiger partial charge in [0, 0.05) is 49.6 Å². The van der Waals surface area contributed by atoms with Crippen LogP contribution in [0.5, 0.6) is 0 Å². The number of nitrogens with zero attached hydrogens (tertiary/aromatic N) is 3. The number of amides is 2. The molecule has 9 nitrogen and oxygen atoms in total. The lowest BCUT2D eigenvalue weighted by Gasteiger charge is -2.30. The summed E-state index contributed by atoms with van der Waals surface area (Å²) in [6, 6.07) is 11.0. The number of morpholine rings is 1. The lowest BCUT2D eigenvalue weighted by atomic mass is 10.1. The van der Waals surface area contributed by atoms with Gasteiger partial charge in [0.05, 0.1) is 29.4 Å². The van der Waals surface area contributed by atoms with Gasteiger partial charge in [0.25, 0.3) is 17.5 Å². The van der Waals surface area contributed by atoms with Crippen molar-refractivity contribution in [2.75, 3.05) is 49.6 Å². The average Bonchev–Trinajstić information content (AvgIpc) is 3.34. The third-order valence-corrected chi connectivity index (χ3v) is 5.57. The van der Waals surface area contributed by atoms with Crippen LogP contribution in [0.15, 0.2) is 42.5 Å². The summed E-state index contributed by atoms with van der Waals surface area (Å²) in [4.78, 5) is 40.0. The van der Waals surface area contributed by atoms with Crippen molar-refractivity contribution in [2.45, 2.75) is 12.8 Å². The van der Waals surface area contributed by atoms with Gasteiger partial charge >= 0.3 is 0 Å². The molecule has 0 atom stereocenters. The summed E-state index contributed by atoms with van der Waals surface area (Å²) >= 11 is 0. The number of non-ortho nitro benzene ring substituents is 1. The first kappa shape index (κ1) is 20.8. The van der Waals surface area contributed by atoms with E-state index >= 15 is 0 Å². The number of nitrogens with one attached hydrogen (secondary N) is 1. The lowest BCUT2D eigenvalue weighted by Crippen LogP contribution is -2.37. The van der Waals surface area contributed by atoms with E-state index in [1.165, 1.54) is 12.1 Å². The van der Waals surface area contributed by atoms with E-state index in [2.05, 4.69) is 5.32 Å². The minimum atomic E-state index is -0.515. The summed E-state index contributed by atoms with van der Waals surface area (Å²) in [7, 11) is 0. The van der Waals surface area contributed by atoms with Gasteiger partial charge < -0.3 is 19.9 Å². The smallest absolute Gasteiger partial charge is 0.270 e. The Morgan fingerprint density at radius 2 is 1.65 bits per heavy atom. The molecule has 2 amide bonds. The van der Waals surface area contributed by atoms with Gasteiger partial charge in [-0.05, 0) is 43.2 Å². The van der Waals surface area contributed by atoms with E-state index in [0.717, 1.165) is 25.9 Å². The second kappa shape index (κ2) is 9.13. The van der Waals surface area contributed by atoms with Crippen molar-refractivity contribution in [3.63, 3.8) is 0 Å². The normalized spacial score (nSPS) is 16.3. The van der Waals surface area contributed by atoms with Crippen LogP contribution < -0.4 is 10.2 Å². The Morgan fingerprint density at radius 3 is 2.29 bits per heavy atom. The molecule has 0 bridgehead atoms. The quantitative estimate of drug-likeness (QED) is 0.585. The van der Waals surface area contributed by atoms with E-state index in [9.17, 15) is 19.7 Å². The molecule has 2 aliphatic heterocycles. The third kappa shape index (κ3) is 4.66. The van der Waals surface area contributed by atoms with Gasteiger partial charge in [-0.25, -0.2) is 0 Å². The van der Waals surface area contributed by atoms with Crippen LogP contribution in [-0.2, 0) is 4.74 Å². The van der Waals surface area contributed by atoms with Gasteiger partial charge in [0.2, 0.25) is 0 Å². The highest BCUT2D eigenvalue weighted by molar-refractivity contribution is 6.08. The van der Waals surface area contributed by atoms with E-state index in [-0.39, 0.29) is 17.2 Å². The van der Waals surface area contributed by atoms with Gasteiger partial charge in [-0.15, -0.1) is 0 Å². The number of nitro groups is 1. The number of hydrogen-bond acceptors (Lipinski definition) is 6. The van der Waals surface area contributed by atoms with E-state index in [4.69, 9.17) is 4.74 Å². The van der Waals surface area contributed by atoms with Crippen LogP contribution in [0, 0.1) is 10.1 Å². The molecule has 0 radical (unpaired) electrons. The van der Waals surface area contributed by atoms with Gasteiger partial charge in [0.15, 0.2) is 0 Å². The number of ether oxygens (including phenoxy) is 1. The van der Waals surface area contributed by atoms with Crippen molar-refractivity contribution in [3.8, 4) is 0 Å². The summed E-state index contributed by atoms with van der Waals surface area (Å²) in [5.74, 6) is -0.451. The molecule has 1 N–H and O–H groups in total. The van der Waals surface area contributed by atoms with Crippen LogP contribution in [0.1, 0.15) is 33.6 Å². The van der Waals surface area contributed by atoms with Crippen LogP contribution >= 0.6 is 0 Å². The Bertz CT molecular complexity index is 980. The third-order valence-electron chi connectivity index (χ3n) is 5.57. The maximum Gasteiger partial charge on any atom is 0.270 e. The zero-order valence-corrected chi connectivity index (χ0v) is 17.1. The molecule has 0 spiro atoms. The van der Waals surface area contributed by atoms with Crippen molar-refractivity contribution < 1.29 is 19.2 Å². The molecule has 2 fully saturated rings. The second-order valence-corrected chi connectivity index (χ2v) is 7.59. The van der Waals surface area contributed by atoms with E-state index in [0.29, 0.717) is 43.2 Å². The standard InChI is InChI=1S/C22H24N4O5/c27-21(23-17-5-3-16(4-6-17)22(28)25-9-1-2-10-25)19-15-18(26(29)30)7-8-20(19)24-11-13-31-14-12-24/h3-8,15H,1-2,9-14H2,(H,23,27). The Labute approximate surface area is 179 Å². The Kier molecular flexibility index (Phi) is 6.13. The monoisotopic (exact) mass is 424 g/mol. The first-order chi connectivity index (χ1) is 15.0. The minimum Gasteiger partial charge on any atom is -0.378 e. The zero-order valence-electron chi connectivity index (χ0n) is 17.1. The largest absolute Gasteiger partial charge is 0.378 e. The first-order valence-electron chi connectivity index (χ1n) is 10.3. The van der Waals surface area contributed by atoms with Crippen LogP contribution in [0.3, 0.4) is 0 Å². The summed E-state index contributed by atoms with van der Waals surface area (Å²) in [6.07, 6.45) is 2.04. The van der Waals surface area contributed by atoms with Crippen molar-refractivity contribution in [1.82, 2.24) is 4.90 Å². The minimum absolute atomic E-state index is 0.0105. The molecule has 2 saturated heterocycles. The number of hydrogen-bond donors (Lipinski definition) is 1. The maximum absolute atomic E-state index is 13.0. The topological polar surface area (TPSA) is 105 Å². The van der Waals surface area contributed by atoms with Crippen LogP contribution in [-0.4, -0.2) is 61.0 Å². The molecule has 9 heteroatoms. The lowest BCUT2D eigenvalue weighted by molar-refractivity contribution is -0.384. The van der Waals surface area contributed by atoms with Crippen molar-refractivity contribution in [3.05, 3.63) is 63.7 Å². The van der Waals surface area contributed by atoms with Gasteiger partial charge in [0.1, 0.15) is 0 Å². The molecular formula is C22H24N4O5. The predicted octanol–water partition coefficient (Wildman–Crippen LogP) is 2.92. The van der Waals surface area contributed by atoms with Gasteiger partial charge in [-0.3, -0.25) is 19.7 Å². The number of benzene rings is 2. The molecule has 2 aromatic rings. The average molecular weight is 424 g/mol. The van der Waals surface area contributed by atoms with E-state index in [1.807, 2.05) is 9.80 Å². The highest BCUT2D eigenvalue weighted by Gasteiger charge is 2.23. The second-order valence-electron chi connectivity index (χ2n) is 7.59. The van der Waals surface area contributed by atoms with Gasteiger partial charge in [-0.2, -0.15) is 0 Å². The fourth-order valence-electron chi connectivity index (χ4n) is 3.90. The number of carbonyl (C=O) groups is 2. The maximum atomic E-state index is 13.0. The predicted molar refractivity (Wildman–Crippen MR) is 116 cm³/mol. The highest BCUT2D eigenvalue weighted by Crippen LogP contribution is 2.27. The van der Waals surface area contributed by atoms with Crippen molar-refractivity contribution in [1.29, 1.82) is 0 Å². The van der Waals surface area contributed by atoms with Crippen LogP contribution in [0.2, 0.25) is 0 Å². The fourth-order valence-corrected chi connectivity index (χ4v) is 3.90. The summed E-state index contributed by atoms with van der Waals surface area (Å²) < 4.78 is 5.37. The summed E-state index contributed by atoms with van der Waals surface area (Å²) in [5.41, 5.74) is 1.81.